The predicted molar refractivity (Wildman–Crippen MR) is 71.1 cm³/mol. The molecule has 0 radical (unpaired) electrons. The minimum atomic E-state index is 0.0934. The van der Waals surface area contributed by atoms with Crippen LogP contribution >= 0.6 is 0 Å². The number of carbonyl (C=O) groups excluding carboxylic acids is 1. The lowest BCUT2D eigenvalue weighted by atomic mass is 10.1. The summed E-state index contributed by atoms with van der Waals surface area (Å²) in [6.45, 7) is 5.54. The molecule has 0 N–H and O–H groups in total. The van der Waals surface area contributed by atoms with E-state index in [-0.39, 0.29) is 12.5 Å². The summed E-state index contributed by atoms with van der Waals surface area (Å²) < 4.78 is 5.18. The molecule has 0 saturated heterocycles. The van der Waals surface area contributed by atoms with Gasteiger partial charge in [0.25, 0.3) is 0 Å². The first-order valence-corrected chi connectivity index (χ1v) is 6.01. The number of nitrogens with zero attached hydrogens (tertiary/aromatic N) is 2. The maximum Gasteiger partial charge on any atom is 0.244 e. The lowest BCUT2D eigenvalue weighted by Crippen LogP contribution is -2.39. The molecule has 0 saturated carbocycles. The van der Waals surface area contributed by atoms with Crippen LogP contribution in [0.2, 0.25) is 0 Å². The monoisotopic (exact) mass is 246 g/mol. The Morgan fingerprint density at radius 2 is 2.17 bits per heavy atom. The first-order valence-electron chi connectivity index (χ1n) is 6.01. The number of methoxy groups -OCH3 is 1. The molecule has 96 valence electrons. The topological polar surface area (TPSA) is 41.9 Å². The van der Waals surface area contributed by atoms with Gasteiger partial charge in [0.05, 0.1) is 13.7 Å². The third kappa shape index (κ3) is 2.70. The van der Waals surface area contributed by atoms with Crippen LogP contribution in [0, 0.1) is 6.92 Å². The molecular weight excluding hydrogens is 228 g/mol. The minimum Gasteiger partial charge on any atom is -0.497 e. The highest BCUT2D eigenvalue weighted by Crippen LogP contribution is 2.19. The fraction of sp³-hybridized carbons (Fsp3) is 0.429. The largest absolute Gasteiger partial charge is 0.497 e. The maximum absolute atomic E-state index is 11.8. The van der Waals surface area contributed by atoms with Gasteiger partial charge in [-0.3, -0.25) is 9.79 Å². The number of ether oxygens (including phenoxy) is 1. The van der Waals surface area contributed by atoms with Gasteiger partial charge in [-0.1, -0.05) is 6.07 Å². The van der Waals surface area contributed by atoms with E-state index in [0.29, 0.717) is 13.1 Å². The van der Waals surface area contributed by atoms with Gasteiger partial charge < -0.3 is 9.64 Å². The van der Waals surface area contributed by atoms with E-state index in [1.54, 1.807) is 7.11 Å². The smallest absolute Gasteiger partial charge is 0.244 e. The zero-order valence-electron chi connectivity index (χ0n) is 11.1. The molecule has 1 amide bonds. The van der Waals surface area contributed by atoms with Gasteiger partial charge in [-0.2, -0.15) is 0 Å². The Balaban J connectivity index is 2.14. The Kier molecular flexibility index (Phi) is 3.65. The number of hydrogen-bond acceptors (Lipinski definition) is 3. The lowest BCUT2D eigenvalue weighted by Gasteiger charge is -2.26. The quantitative estimate of drug-likeness (QED) is 0.816. The predicted octanol–water partition coefficient (Wildman–Crippen LogP) is 1.81. The SMILES string of the molecule is COc1ccc(CN2CC(C)=NCC2=O)c(C)c1. The summed E-state index contributed by atoms with van der Waals surface area (Å²) in [6, 6.07) is 5.94. The second-order valence-electron chi connectivity index (χ2n) is 4.59. The van der Waals surface area contributed by atoms with Gasteiger partial charge in [0.1, 0.15) is 12.3 Å². The molecule has 1 aromatic carbocycles. The van der Waals surface area contributed by atoms with Crippen LogP contribution in [-0.2, 0) is 11.3 Å². The van der Waals surface area contributed by atoms with Crippen LogP contribution in [0.1, 0.15) is 18.1 Å². The average Bonchev–Trinajstić information content (AvgIpc) is 2.36. The number of aliphatic imine (C=N–C) groups is 1. The minimum absolute atomic E-state index is 0.0934. The molecule has 0 fully saturated rings. The molecule has 0 aliphatic carbocycles. The number of amides is 1. The molecule has 4 nitrogen and oxygen atoms in total. The van der Waals surface area contributed by atoms with Crippen molar-refractivity contribution in [2.75, 3.05) is 20.2 Å². The molecule has 0 aromatic heterocycles. The highest BCUT2D eigenvalue weighted by molar-refractivity contribution is 5.93. The zero-order chi connectivity index (χ0) is 13.1. The summed E-state index contributed by atoms with van der Waals surface area (Å²) in [6.07, 6.45) is 0. The Morgan fingerprint density at radius 1 is 1.39 bits per heavy atom. The first kappa shape index (κ1) is 12.6. The van der Waals surface area contributed by atoms with Crippen molar-refractivity contribution in [3.05, 3.63) is 29.3 Å². The van der Waals surface area contributed by atoms with Crippen LogP contribution in [-0.4, -0.2) is 36.7 Å². The van der Waals surface area contributed by atoms with Crippen molar-refractivity contribution in [3.63, 3.8) is 0 Å². The summed E-state index contributed by atoms with van der Waals surface area (Å²) in [5.74, 6) is 0.940. The highest BCUT2D eigenvalue weighted by atomic mass is 16.5. The number of carbonyl (C=O) groups is 1. The van der Waals surface area contributed by atoms with Crippen LogP contribution in [0.15, 0.2) is 23.2 Å². The lowest BCUT2D eigenvalue weighted by molar-refractivity contribution is -0.129. The fourth-order valence-electron chi connectivity index (χ4n) is 2.04. The van der Waals surface area contributed by atoms with Gasteiger partial charge in [-0.15, -0.1) is 0 Å². The average molecular weight is 246 g/mol. The van der Waals surface area contributed by atoms with E-state index >= 15 is 0 Å². The van der Waals surface area contributed by atoms with Gasteiger partial charge >= 0.3 is 0 Å². The van der Waals surface area contributed by atoms with Gasteiger partial charge in [-0.25, -0.2) is 0 Å². The van der Waals surface area contributed by atoms with Crippen molar-refractivity contribution >= 4 is 11.6 Å². The van der Waals surface area contributed by atoms with E-state index in [1.165, 1.54) is 0 Å². The van der Waals surface area contributed by atoms with Crippen LogP contribution in [0.25, 0.3) is 0 Å². The molecular formula is C14H18N2O2. The highest BCUT2D eigenvalue weighted by Gasteiger charge is 2.19. The Morgan fingerprint density at radius 3 is 2.83 bits per heavy atom. The van der Waals surface area contributed by atoms with Crippen LogP contribution < -0.4 is 4.74 Å². The van der Waals surface area contributed by atoms with Crippen molar-refractivity contribution in [2.45, 2.75) is 20.4 Å². The molecule has 0 atom stereocenters. The number of benzene rings is 1. The summed E-state index contributed by atoms with van der Waals surface area (Å²) in [5.41, 5.74) is 3.31. The van der Waals surface area contributed by atoms with E-state index in [2.05, 4.69) is 4.99 Å². The molecule has 2 rings (SSSR count). The second kappa shape index (κ2) is 5.21. The maximum atomic E-state index is 11.8. The van der Waals surface area contributed by atoms with Crippen LogP contribution in [0.3, 0.4) is 0 Å². The van der Waals surface area contributed by atoms with Crippen LogP contribution in [0.4, 0.5) is 0 Å². The van der Waals surface area contributed by atoms with Gasteiger partial charge in [0, 0.05) is 12.3 Å². The summed E-state index contributed by atoms with van der Waals surface area (Å²) in [5, 5.41) is 0. The van der Waals surface area contributed by atoms with E-state index in [4.69, 9.17) is 4.74 Å². The Bertz CT molecular complexity index is 495. The Hall–Kier alpha value is -1.84. The van der Waals surface area contributed by atoms with Gasteiger partial charge in [0.15, 0.2) is 0 Å². The number of aryl methyl sites for hydroxylation is 1. The third-order valence-electron chi connectivity index (χ3n) is 3.17. The molecule has 4 heteroatoms. The molecule has 1 aliphatic rings. The fourth-order valence-corrected chi connectivity index (χ4v) is 2.04. The van der Waals surface area contributed by atoms with Gasteiger partial charge in [0.2, 0.25) is 5.91 Å². The molecule has 0 unspecified atom stereocenters. The van der Waals surface area contributed by atoms with Gasteiger partial charge in [-0.05, 0) is 37.1 Å². The van der Waals surface area contributed by atoms with E-state index in [1.807, 2.05) is 36.9 Å². The molecule has 1 aliphatic heterocycles. The number of rotatable bonds is 3. The molecule has 1 aromatic rings. The first-order chi connectivity index (χ1) is 8.60. The van der Waals surface area contributed by atoms with Crippen LogP contribution in [0.5, 0.6) is 5.75 Å². The standard InChI is InChI=1S/C14H18N2O2/c1-10-6-13(18-3)5-4-12(10)9-16-8-11(2)15-7-14(16)17/h4-6H,7-9H2,1-3H3. The third-order valence-corrected chi connectivity index (χ3v) is 3.17. The second-order valence-corrected chi connectivity index (χ2v) is 4.59. The summed E-state index contributed by atoms with van der Waals surface area (Å²) >= 11 is 0. The van der Waals surface area contributed by atoms with Crippen molar-refractivity contribution < 1.29 is 9.53 Å². The zero-order valence-corrected chi connectivity index (χ0v) is 11.1. The summed E-state index contributed by atoms with van der Waals surface area (Å²) in [7, 11) is 1.66. The normalized spacial score (nSPS) is 15.6. The number of hydrogen-bond donors (Lipinski definition) is 0. The molecule has 0 spiro atoms. The van der Waals surface area contributed by atoms with Crippen molar-refractivity contribution in [1.29, 1.82) is 0 Å². The summed E-state index contributed by atoms with van der Waals surface area (Å²) in [4.78, 5) is 17.8. The molecule has 0 bridgehead atoms. The van der Waals surface area contributed by atoms with E-state index in [9.17, 15) is 4.79 Å². The molecule has 1 heterocycles. The molecule has 18 heavy (non-hydrogen) atoms. The van der Waals surface area contributed by atoms with Crippen molar-refractivity contribution in [2.24, 2.45) is 4.99 Å². The van der Waals surface area contributed by atoms with E-state index < -0.39 is 0 Å². The van der Waals surface area contributed by atoms with Crippen molar-refractivity contribution in [3.8, 4) is 5.75 Å². The van der Waals surface area contributed by atoms with E-state index in [0.717, 1.165) is 22.6 Å². The Labute approximate surface area is 107 Å². The van der Waals surface area contributed by atoms with Crippen molar-refractivity contribution in [1.82, 2.24) is 4.90 Å².